The minimum atomic E-state index is -0.539. The van der Waals surface area contributed by atoms with Crippen LogP contribution in [0, 0.1) is 6.92 Å². The second-order valence-corrected chi connectivity index (χ2v) is 5.79. The maximum Gasteiger partial charge on any atom is 0.359 e. The molecule has 0 bridgehead atoms. The fraction of sp³-hybridized carbons (Fsp3) is 0.375. The van der Waals surface area contributed by atoms with Crippen LogP contribution in [0.5, 0.6) is 5.75 Å². The summed E-state index contributed by atoms with van der Waals surface area (Å²) in [6, 6.07) is 7.46. The molecule has 0 fully saturated rings. The maximum atomic E-state index is 12.1. The second-order valence-electron chi connectivity index (χ2n) is 5.79. The monoisotopic (exact) mass is 288 g/mol. The molecule has 0 aliphatic carbocycles. The highest BCUT2D eigenvalue weighted by Crippen LogP contribution is 2.22. The van der Waals surface area contributed by atoms with Crippen LogP contribution in [-0.4, -0.2) is 28.6 Å². The molecule has 21 heavy (non-hydrogen) atoms. The second kappa shape index (κ2) is 5.60. The number of aromatic nitrogens is 2. The first kappa shape index (κ1) is 15.1. The summed E-state index contributed by atoms with van der Waals surface area (Å²) in [6.45, 7) is 7.30. The molecule has 0 unspecified atom stereocenters. The Bertz CT molecular complexity index is 637. The number of methoxy groups -OCH3 is 1. The van der Waals surface area contributed by atoms with Crippen molar-refractivity contribution in [3.05, 3.63) is 35.7 Å². The normalized spacial score (nSPS) is 11.3. The van der Waals surface area contributed by atoms with Gasteiger partial charge < -0.3 is 14.5 Å². The van der Waals surface area contributed by atoms with Gasteiger partial charge >= 0.3 is 5.97 Å². The Hall–Kier alpha value is -2.30. The van der Waals surface area contributed by atoms with Crippen molar-refractivity contribution in [3.63, 3.8) is 0 Å². The molecular formula is C16H20N2O3. The average Bonchev–Trinajstić information content (AvgIpc) is 2.79. The lowest BCUT2D eigenvalue weighted by Crippen LogP contribution is -2.24. The van der Waals surface area contributed by atoms with Gasteiger partial charge in [0.15, 0.2) is 5.69 Å². The zero-order chi connectivity index (χ0) is 15.6. The summed E-state index contributed by atoms with van der Waals surface area (Å²) in [7, 11) is 1.62. The van der Waals surface area contributed by atoms with Crippen molar-refractivity contribution in [2.45, 2.75) is 33.3 Å². The molecule has 0 spiro atoms. The van der Waals surface area contributed by atoms with Crippen LogP contribution < -0.4 is 4.74 Å². The quantitative estimate of drug-likeness (QED) is 0.880. The topological polar surface area (TPSA) is 64.2 Å². The average molecular weight is 288 g/mol. The molecule has 0 aliphatic rings. The number of imidazole rings is 1. The molecule has 112 valence electrons. The standard InChI is InChI=1S/C16H20N2O3/c1-10-13(15(19)21-16(2,3)4)18-14(17-10)11-6-8-12(20-5)9-7-11/h6-9H,1-5H3,(H,17,18). The van der Waals surface area contributed by atoms with Crippen LogP contribution in [0.1, 0.15) is 37.0 Å². The summed E-state index contributed by atoms with van der Waals surface area (Å²) in [5.41, 5.74) is 1.35. The van der Waals surface area contributed by atoms with Gasteiger partial charge in [0.05, 0.1) is 7.11 Å². The highest BCUT2D eigenvalue weighted by Gasteiger charge is 2.22. The molecule has 2 aromatic rings. The molecular weight excluding hydrogens is 268 g/mol. The molecule has 5 heteroatoms. The summed E-state index contributed by atoms with van der Waals surface area (Å²) in [4.78, 5) is 19.6. The third kappa shape index (κ3) is 3.62. The van der Waals surface area contributed by atoms with E-state index in [0.29, 0.717) is 17.2 Å². The van der Waals surface area contributed by atoms with Gasteiger partial charge in [-0.05, 0) is 52.0 Å². The molecule has 0 radical (unpaired) electrons. The number of ether oxygens (including phenoxy) is 2. The molecule has 2 rings (SSSR count). The van der Waals surface area contributed by atoms with Crippen molar-refractivity contribution >= 4 is 5.97 Å². The number of carbonyl (C=O) groups is 1. The van der Waals surface area contributed by atoms with E-state index in [4.69, 9.17) is 9.47 Å². The number of esters is 1. The summed E-state index contributed by atoms with van der Waals surface area (Å²) in [6.07, 6.45) is 0. The van der Waals surface area contributed by atoms with Crippen LogP contribution in [0.15, 0.2) is 24.3 Å². The number of carbonyl (C=O) groups excluding carboxylic acids is 1. The van der Waals surface area contributed by atoms with E-state index in [1.807, 2.05) is 45.0 Å². The molecule has 0 saturated heterocycles. The largest absolute Gasteiger partial charge is 0.497 e. The van der Waals surface area contributed by atoms with Gasteiger partial charge in [0.2, 0.25) is 0 Å². The van der Waals surface area contributed by atoms with Gasteiger partial charge in [0, 0.05) is 11.3 Å². The lowest BCUT2D eigenvalue weighted by Gasteiger charge is -2.18. The molecule has 0 saturated carbocycles. The molecule has 0 aliphatic heterocycles. The van der Waals surface area contributed by atoms with E-state index in [1.54, 1.807) is 14.0 Å². The van der Waals surface area contributed by atoms with Crippen molar-refractivity contribution in [1.82, 2.24) is 9.97 Å². The highest BCUT2D eigenvalue weighted by atomic mass is 16.6. The molecule has 5 nitrogen and oxygen atoms in total. The van der Waals surface area contributed by atoms with E-state index in [1.165, 1.54) is 0 Å². The summed E-state index contributed by atoms with van der Waals surface area (Å²) in [5, 5.41) is 0. The van der Waals surface area contributed by atoms with Gasteiger partial charge in [-0.2, -0.15) is 0 Å². The van der Waals surface area contributed by atoms with Crippen LogP contribution in [-0.2, 0) is 4.74 Å². The fourth-order valence-corrected chi connectivity index (χ4v) is 1.87. The molecule has 0 amide bonds. The van der Waals surface area contributed by atoms with Crippen molar-refractivity contribution in [2.75, 3.05) is 7.11 Å². The Balaban J connectivity index is 2.27. The van der Waals surface area contributed by atoms with E-state index < -0.39 is 11.6 Å². The SMILES string of the molecule is COc1ccc(-c2nc(C(=O)OC(C)(C)C)c(C)[nH]2)cc1. The summed E-state index contributed by atoms with van der Waals surface area (Å²) >= 11 is 0. The van der Waals surface area contributed by atoms with Crippen LogP contribution in [0.25, 0.3) is 11.4 Å². The van der Waals surface area contributed by atoms with Gasteiger partial charge in [0.25, 0.3) is 0 Å². The molecule has 0 atom stereocenters. The summed E-state index contributed by atoms with van der Waals surface area (Å²) < 4.78 is 10.5. The Morgan fingerprint density at radius 2 is 1.81 bits per heavy atom. The van der Waals surface area contributed by atoms with Crippen LogP contribution in [0.2, 0.25) is 0 Å². The van der Waals surface area contributed by atoms with Crippen molar-refractivity contribution in [3.8, 4) is 17.1 Å². The molecule has 1 N–H and O–H groups in total. The molecule has 1 heterocycles. The summed E-state index contributed by atoms with van der Waals surface area (Å²) in [5.74, 6) is 0.987. The van der Waals surface area contributed by atoms with E-state index in [-0.39, 0.29) is 0 Å². The van der Waals surface area contributed by atoms with Crippen molar-refractivity contribution < 1.29 is 14.3 Å². The number of H-pyrrole nitrogens is 1. The predicted octanol–water partition coefficient (Wildman–Crippen LogP) is 3.35. The fourth-order valence-electron chi connectivity index (χ4n) is 1.87. The lowest BCUT2D eigenvalue weighted by atomic mass is 10.2. The number of nitrogens with zero attached hydrogens (tertiary/aromatic N) is 1. The Labute approximate surface area is 124 Å². The van der Waals surface area contributed by atoms with E-state index in [0.717, 1.165) is 11.3 Å². The van der Waals surface area contributed by atoms with E-state index in [2.05, 4.69) is 9.97 Å². The molecule has 1 aromatic carbocycles. The number of aromatic amines is 1. The van der Waals surface area contributed by atoms with Crippen LogP contribution in [0.3, 0.4) is 0 Å². The van der Waals surface area contributed by atoms with Gasteiger partial charge in [0.1, 0.15) is 17.2 Å². The zero-order valence-electron chi connectivity index (χ0n) is 13.0. The van der Waals surface area contributed by atoms with Gasteiger partial charge in [-0.3, -0.25) is 0 Å². The van der Waals surface area contributed by atoms with Crippen LogP contribution in [0.4, 0.5) is 0 Å². The maximum absolute atomic E-state index is 12.1. The highest BCUT2D eigenvalue weighted by molar-refractivity contribution is 5.89. The zero-order valence-corrected chi connectivity index (χ0v) is 13.0. The van der Waals surface area contributed by atoms with Gasteiger partial charge in [-0.25, -0.2) is 9.78 Å². The smallest absolute Gasteiger partial charge is 0.359 e. The van der Waals surface area contributed by atoms with E-state index in [9.17, 15) is 4.79 Å². The van der Waals surface area contributed by atoms with Crippen LogP contribution >= 0.6 is 0 Å². The van der Waals surface area contributed by atoms with E-state index >= 15 is 0 Å². The minimum absolute atomic E-state index is 0.316. The Morgan fingerprint density at radius 3 is 2.33 bits per heavy atom. The first-order chi connectivity index (χ1) is 9.80. The first-order valence-corrected chi connectivity index (χ1v) is 6.74. The number of nitrogens with one attached hydrogen (secondary N) is 1. The number of hydrogen-bond donors (Lipinski definition) is 1. The first-order valence-electron chi connectivity index (χ1n) is 6.74. The number of benzene rings is 1. The number of rotatable bonds is 3. The Kier molecular flexibility index (Phi) is 4.02. The number of aryl methyl sites for hydroxylation is 1. The minimum Gasteiger partial charge on any atom is -0.497 e. The predicted molar refractivity (Wildman–Crippen MR) is 80.5 cm³/mol. The van der Waals surface area contributed by atoms with Gasteiger partial charge in [-0.15, -0.1) is 0 Å². The third-order valence-electron chi connectivity index (χ3n) is 2.84. The van der Waals surface area contributed by atoms with Crippen molar-refractivity contribution in [2.24, 2.45) is 0 Å². The number of hydrogen-bond acceptors (Lipinski definition) is 4. The molecule has 1 aromatic heterocycles. The van der Waals surface area contributed by atoms with Gasteiger partial charge in [-0.1, -0.05) is 0 Å². The Morgan fingerprint density at radius 1 is 1.19 bits per heavy atom. The van der Waals surface area contributed by atoms with Crippen molar-refractivity contribution in [1.29, 1.82) is 0 Å². The lowest BCUT2D eigenvalue weighted by molar-refractivity contribution is 0.00627. The third-order valence-corrected chi connectivity index (χ3v) is 2.84.